The lowest BCUT2D eigenvalue weighted by Gasteiger charge is -2.41. The Morgan fingerprint density at radius 1 is 1.42 bits per heavy atom. The zero-order valence-corrected chi connectivity index (χ0v) is 8.05. The van der Waals surface area contributed by atoms with Gasteiger partial charge in [0.25, 0.3) is 0 Å². The Kier molecular flexibility index (Phi) is 2.74. The van der Waals surface area contributed by atoms with Crippen molar-refractivity contribution in [3.8, 4) is 0 Å². The molecule has 0 aliphatic carbocycles. The zero-order valence-electron chi connectivity index (χ0n) is 8.05. The average Bonchev–Trinajstić information content (AvgIpc) is 1.92. The number of likely N-dealkylation sites (tertiary alicyclic amines) is 1. The highest BCUT2D eigenvalue weighted by Gasteiger charge is 2.32. The van der Waals surface area contributed by atoms with E-state index in [0.29, 0.717) is 13.0 Å². The molecule has 0 radical (unpaired) electrons. The predicted molar refractivity (Wildman–Crippen MR) is 46.8 cm³/mol. The van der Waals surface area contributed by atoms with E-state index in [1.807, 2.05) is 0 Å². The number of aliphatic hydroxyl groups excluding tert-OH is 1. The molecule has 0 amide bonds. The van der Waals surface area contributed by atoms with E-state index in [4.69, 9.17) is 5.11 Å². The lowest BCUT2D eigenvalue weighted by atomic mass is 9.98. The molecule has 1 aliphatic heterocycles. The standard InChI is InChI=1S/C9H18FNO/c1-9(2,3)11-5-4-8(12)7(10)6-11/h7-8,12H,4-6H2,1-3H3/t7-,8-/m0/s1. The van der Waals surface area contributed by atoms with Crippen molar-refractivity contribution < 1.29 is 9.50 Å². The monoisotopic (exact) mass is 175 g/mol. The Morgan fingerprint density at radius 2 is 2.00 bits per heavy atom. The lowest BCUT2D eigenvalue weighted by molar-refractivity contribution is -0.0232. The molecule has 1 rings (SSSR count). The fourth-order valence-electron chi connectivity index (χ4n) is 1.50. The van der Waals surface area contributed by atoms with E-state index >= 15 is 0 Å². The molecule has 1 fully saturated rings. The van der Waals surface area contributed by atoms with Crippen LogP contribution >= 0.6 is 0 Å². The summed E-state index contributed by atoms with van der Waals surface area (Å²) in [5.41, 5.74) is 0.0183. The van der Waals surface area contributed by atoms with Gasteiger partial charge < -0.3 is 5.11 Å². The van der Waals surface area contributed by atoms with Crippen LogP contribution < -0.4 is 0 Å². The maximum atomic E-state index is 13.1. The van der Waals surface area contributed by atoms with Gasteiger partial charge >= 0.3 is 0 Å². The van der Waals surface area contributed by atoms with Crippen molar-refractivity contribution >= 4 is 0 Å². The molecule has 3 heteroatoms. The molecule has 2 atom stereocenters. The number of hydrogen-bond acceptors (Lipinski definition) is 2. The third kappa shape index (κ3) is 2.17. The summed E-state index contributed by atoms with van der Waals surface area (Å²) in [6.45, 7) is 7.36. The number of halogens is 1. The number of alkyl halides is 1. The summed E-state index contributed by atoms with van der Waals surface area (Å²) in [6.07, 6.45) is -1.26. The van der Waals surface area contributed by atoms with Gasteiger partial charge in [0.05, 0.1) is 6.10 Å². The molecule has 0 aromatic carbocycles. The van der Waals surface area contributed by atoms with E-state index in [-0.39, 0.29) is 5.54 Å². The van der Waals surface area contributed by atoms with Crippen LogP contribution in [-0.2, 0) is 0 Å². The van der Waals surface area contributed by atoms with Gasteiger partial charge in [0.1, 0.15) is 6.17 Å². The second kappa shape index (κ2) is 3.30. The molecule has 0 unspecified atom stereocenters. The molecule has 0 aromatic heterocycles. The first-order valence-corrected chi connectivity index (χ1v) is 4.48. The van der Waals surface area contributed by atoms with Crippen molar-refractivity contribution in [3.05, 3.63) is 0 Å². The molecule has 0 spiro atoms. The smallest absolute Gasteiger partial charge is 0.139 e. The molecule has 12 heavy (non-hydrogen) atoms. The normalized spacial score (nSPS) is 33.8. The highest BCUT2D eigenvalue weighted by molar-refractivity contribution is 4.86. The van der Waals surface area contributed by atoms with Crippen LogP contribution in [0.1, 0.15) is 27.2 Å². The number of aliphatic hydroxyl groups is 1. The van der Waals surface area contributed by atoms with Gasteiger partial charge in [-0.2, -0.15) is 0 Å². The van der Waals surface area contributed by atoms with E-state index in [9.17, 15) is 4.39 Å². The van der Waals surface area contributed by atoms with E-state index in [1.54, 1.807) is 0 Å². The van der Waals surface area contributed by atoms with Gasteiger partial charge in [-0.05, 0) is 27.2 Å². The fraction of sp³-hybridized carbons (Fsp3) is 1.00. The van der Waals surface area contributed by atoms with Gasteiger partial charge in [0.2, 0.25) is 0 Å². The third-order valence-electron chi connectivity index (χ3n) is 2.46. The first kappa shape index (κ1) is 9.93. The van der Waals surface area contributed by atoms with Crippen molar-refractivity contribution in [2.45, 2.75) is 45.0 Å². The van der Waals surface area contributed by atoms with E-state index in [0.717, 1.165) is 6.54 Å². The summed E-state index contributed by atoms with van der Waals surface area (Å²) in [4.78, 5) is 2.07. The minimum atomic E-state index is -1.07. The van der Waals surface area contributed by atoms with Crippen LogP contribution in [0.4, 0.5) is 4.39 Å². The fourth-order valence-corrected chi connectivity index (χ4v) is 1.50. The number of nitrogens with zero attached hydrogens (tertiary/aromatic N) is 1. The number of rotatable bonds is 0. The summed E-state index contributed by atoms with van der Waals surface area (Å²) in [7, 11) is 0. The van der Waals surface area contributed by atoms with E-state index < -0.39 is 12.3 Å². The van der Waals surface area contributed by atoms with Crippen LogP contribution in [0.15, 0.2) is 0 Å². The van der Waals surface area contributed by atoms with Gasteiger partial charge in [-0.25, -0.2) is 4.39 Å². The first-order chi connectivity index (χ1) is 5.41. The molecular weight excluding hydrogens is 157 g/mol. The quantitative estimate of drug-likeness (QED) is 0.598. The summed E-state index contributed by atoms with van der Waals surface area (Å²) < 4.78 is 13.1. The zero-order chi connectivity index (χ0) is 9.35. The summed E-state index contributed by atoms with van der Waals surface area (Å²) in [5, 5.41) is 9.16. The van der Waals surface area contributed by atoms with Gasteiger partial charge in [0.15, 0.2) is 0 Å². The molecule has 0 aromatic rings. The Bertz CT molecular complexity index is 155. The lowest BCUT2D eigenvalue weighted by Crippen LogP contribution is -2.52. The summed E-state index contributed by atoms with van der Waals surface area (Å²) in [5.74, 6) is 0. The maximum Gasteiger partial charge on any atom is 0.139 e. The predicted octanol–water partition coefficient (Wildman–Crippen LogP) is 1.19. The average molecular weight is 175 g/mol. The topological polar surface area (TPSA) is 23.5 Å². The second-order valence-electron chi connectivity index (χ2n) is 4.49. The van der Waals surface area contributed by atoms with Crippen LogP contribution in [0.25, 0.3) is 0 Å². The molecule has 2 nitrogen and oxygen atoms in total. The van der Waals surface area contributed by atoms with Crippen molar-refractivity contribution in [3.63, 3.8) is 0 Å². The minimum Gasteiger partial charge on any atom is -0.390 e. The number of piperidine rings is 1. The van der Waals surface area contributed by atoms with Crippen LogP contribution in [0.3, 0.4) is 0 Å². The molecule has 0 saturated carbocycles. The van der Waals surface area contributed by atoms with Crippen LogP contribution in [-0.4, -0.2) is 40.9 Å². The summed E-state index contributed by atoms with van der Waals surface area (Å²) in [6, 6.07) is 0. The highest BCUT2D eigenvalue weighted by Crippen LogP contribution is 2.21. The van der Waals surface area contributed by atoms with Gasteiger partial charge in [-0.1, -0.05) is 0 Å². The Labute approximate surface area is 73.4 Å². The SMILES string of the molecule is CC(C)(C)N1CC[C@H](O)[C@@H](F)C1. The van der Waals surface area contributed by atoms with Crippen molar-refractivity contribution in [1.82, 2.24) is 4.90 Å². The molecular formula is C9H18FNO. The maximum absolute atomic E-state index is 13.1. The molecule has 1 aliphatic rings. The molecule has 0 bridgehead atoms. The van der Waals surface area contributed by atoms with Crippen LogP contribution in [0.5, 0.6) is 0 Å². The van der Waals surface area contributed by atoms with Gasteiger partial charge in [-0.3, -0.25) is 4.90 Å². The van der Waals surface area contributed by atoms with Crippen LogP contribution in [0.2, 0.25) is 0 Å². The first-order valence-electron chi connectivity index (χ1n) is 4.48. The second-order valence-corrected chi connectivity index (χ2v) is 4.49. The molecule has 1 saturated heterocycles. The van der Waals surface area contributed by atoms with Gasteiger partial charge in [0, 0.05) is 18.6 Å². The largest absolute Gasteiger partial charge is 0.390 e. The van der Waals surface area contributed by atoms with E-state index in [1.165, 1.54) is 0 Å². The van der Waals surface area contributed by atoms with Gasteiger partial charge in [-0.15, -0.1) is 0 Å². The van der Waals surface area contributed by atoms with Crippen molar-refractivity contribution in [2.75, 3.05) is 13.1 Å². The van der Waals surface area contributed by atoms with Crippen molar-refractivity contribution in [2.24, 2.45) is 0 Å². The Hall–Kier alpha value is -0.150. The third-order valence-corrected chi connectivity index (χ3v) is 2.46. The highest BCUT2D eigenvalue weighted by atomic mass is 19.1. The molecule has 72 valence electrons. The molecule has 1 N–H and O–H groups in total. The Balaban J connectivity index is 2.51. The minimum absolute atomic E-state index is 0.0183. The molecule has 1 heterocycles. The Morgan fingerprint density at radius 3 is 2.42 bits per heavy atom. The van der Waals surface area contributed by atoms with Crippen molar-refractivity contribution in [1.29, 1.82) is 0 Å². The van der Waals surface area contributed by atoms with E-state index in [2.05, 4.69) is 25.7 Å². The van der Waals surface area contributed by atoms with Crippen LogP contribution in [0, 0.1) is 0 Å². The number of hydrogen-bond donors (Lipinski definition) is 1. The summed E-state index contributed by atoms with van der Waals surface area (Å²) >= 11 is 0.